The summed E-state index contributed by atoms with van der Waals surface area (Å²) < 4.78 is 14.0. The monoisotopic (exact) mass is 509 g/mol. The molecule has 0 fully saturated rings. The van der Waals surface area contributed by atoms with Gasteiger partial charge in [-0.05, 0) is 30.8 Å². The molecule has 0 spiro atoms. The number of hydrogen-bond acceptors (Lipinski definition) is 3. The summed E-state index contributed by atoms with van der Waals surface area (Å²) >= 11 is -1.27. The van der Waals surface area contributed by atoms with Crippen LogP contribution in [0.2, 0.25) is 0 Å². The molecule has 0 bridgehead atoms. The number of imidazole rings is 1. The Bertz CT molecular complexity index is 998. The fourth-order valence-electron chi connectivity index (χ4n) is 4.02. The van der Waals surface area contributed by atoms with Crippen molar-refractivity contribution in [2.75, 3.05) is 14.1 Å². The van der Waals surface area contributed by atoms with E-state index in [0.717, 1.165) is 22.4 Å². The fourth-order valence-corrected chi connectivity index (χ4v) is 5.06. The van der Waals surface area contributed by atoms with Crippen LogP contribution in [-0.2, 0) is 8.61 Å². The molecule has 0 radical (unpaired) electrons. The molecule has 4 rings (SSSR count). The van der Waals surface area contributed by atoms with E-state index in [1.165, 1.54) is 0 Å². The molecule has 1 heterocycles. The van der Waals surface area contributed by atoms with Crippen LogP contribution in [0, 0.1) is 0 Å². The van der Waals surface area contributed by atoms with Crippen LogP contribution < -0.4 is 0 Å². The Morgan fingerprint density at radius 3 is 1.60 bits per heavy atom. The molecule has 0 aliphatic carbocycles. The first-order chi connectivity index (χ1) is 14.7. The van der Waals surface area contributed by atoms with Crippen molar-refractivity contribution in [1.82, 2.24) is 14.5 Å². The van der Waals surface area contributed by atoms with E-state index in [1.807, 2.05) is 43.5 Å². The average molecular weight is 509 g/mol. The van der Waals surface area contributed by atoms with E-state index in [0.29, 0.717) is 0 Å². The first-order valence-electron chi connectivity index (χ1n) is 9.81. The second-order valence-corrected chi connectivity index (χ2v) is 9.09. The third-order valence-corrected chi connectivity index (χ3v) is 7.58. The maximum Gasteiger partial charge on any atom is 0.170 e. The first kappa shape index (κ1) is 20.6. The van der Waals surface area contributed by atoms with E-state index in [-0.39, 0.29) is 4.05 Å². The van der Waals surface area contributed by atoms with E-state index in [4.69, 9.17) is 4.98 Å². The molecule has 30 heavy (non-hydrogen) atoms. The Labute approximate surface area is 187 Å². The van der Waals surface area contributed by atoms with Gasteiger partial charge in [0.2, 0.25) is 0 Å². The van der Waals surface area contributed by atoms with Crippen molar-refractivity contribution in [2.45, 2.75) is 9.59 Å². The molecule has 4 nitrogen and oxygen atoms in total. The largest absolute Gasteiger partial charge is 0.319 e. The molecule has 0 amide bonds. The van der Waals surface area contributed by atoms with E-state index in [9.17, 15) is 3.07 Å². The summed E-state index contributed by atoms with van der Waals surface area (Å²) in [6, 6.07) is 31.5. The highest BCUT2D eigenvalue weighted by Crippen LogP contribution is 2.41. The van der Waals surface area contributed by atoms with Gasteiger partial charge in [-0.15, -0.1) is 0 Å². The van der Waals surface area contributed by atoms with Crippen molar-refractivity contribution >= 4 is 21.2 Å². The molecular weight excluding hydrogens is 485 g/mol. The SMILES string of the molecule is CN(C)C(I=O)c1cn(C(c2ccccc2)(c2ccccc2)c2ccccc2)cn1. The van der Waals surface area contributed by atoms with Gasteiger partial charge < -0.3 is 4.57 Å². The molecule has 1 unspecified atom stereocenters. The first-order valence-corrected chi connectivity index (χ1v) is 11.9. The molecule has 5 heteroatoms. The zero-order chi connectivity index (χ0) is 21.0. The molecule has 0 aliphatic heterocycles. The van der Waals surface area contributed by atoms with Gasteiger partial charge in [0, 0.05) is 6.20 Å². The van der Waals surface area contributed by atoms with Crippen LogP contribution in [0.25, 0.3) is 0 Å². The molecular formula is C25H24IN3O. The summed E-state index contributed by atoms with van der Waals surface area (Å²) in [5, 5.41) is 0. The van der Waals surface area contributed by atoms with Crippen LogP contribution in [0.3, 0.4) is 0 Å². The fraction of sp³-hybridized carbons (Fsp3) is 0.160. The number of nitrogens with zero attached hydrogens (tertiary/aromatic N) is 3. The molecule has 0 saturated heterocycles. The summed E-state index contributed by atoms with van der Waals surface area (Å²) in [7, 11) is 3.89. The molecule has 152 valence electrons. The second kappa shape index (κ2) is 9.02. The molecule has 0 saturated carbocycles. The number of halogens is 1. The van der Waals surface area contributed by atoms with E-state index < -0.39 is 26.7 Å². The quantitative estimate of drug-likeness (QED) is 0.141. The minimum Gasteiger partial charge on any atom is -0.319 e. The van der Waals surface area contributed by atoms with Gasteiger partial charge in [-0.25, -0.2) is 4.98 Å². The van der Waals surface area contributed by atoms with Gasteiger partial charge in [-0.3, -0.25) is 7.97 Å². The minimum absolute atomic E-state index is 0.162. The van der Waals surface area contributed by atoms with Gasteiger partial charge in [-0.1, -0.05) is 91.0 Å². The van der Waals surface area contributed by atoms with E-state index in [2.05, 4.69) is 83.6 Å². The van der Waals surface area contributed by atoms with Gasteiger partial charge in [0.15, 0.2) is 21.2 Å². The molecule has 0 N–H and O–H groups in total. The van der Waals surface area contributed by atoms with Crippen molar-refractivity contribution in [3.8, 4) is 0 Å². The number of rotatable bonds is 7. The highest BCUT2D eigenvalue weighted by atomic mass is 127. The lowest BCUT2D eigenvalue weighted by molar-refractivity contribution is 0.399. The lowest BCUT2D eigenvalue weighted by Crippen LogP contribution is -2.37. The van der Waals surface area contributed by atoms with Crippen molar-refractivity contribution < 1.29 is 3.07 Å². The lowest BCUT2D eigenvalue weighted by Gasteiger charge is -2.37. The summed E-state index contributed by atoms with van der Waals surface area (Å²) in [5.74, 6) is 0. The maximum atomic E-state index is 12.0. The third-order valence-electron chi connectivity index (χ3n) is 5.35. The van der Waals surface area contributed by atoms with Crippen molar-refractivity contribution in [2.24, 2.45) is 0 Å². The summed E-state index contributed by atoms with van der Waals surface area (Å²) in [4.78, 5) is 6.67. The lowest BCUT2D eigenvalue weighted by atomic mass is 9.77. The average Bonchev–Trinajstić information content (AvgIpc) is 3.27. The zero-order valence-electron chi connectivity index (χ0n) is 17.0. The maximum absolute atomic E-state index is 12.0. The zero-order valence-corrected chi connectivity index (χ0v) is 19.2. The summed E-state index contributed by atoms with van der Waals surface area (Å²) in [6.45, 7) is 0. The van der Waals surface area contributed by atoms with Gasteiger partial charge in [0.05, 0.1) is 12.0 Å². The van der Waals surface area contributed by atoms with Crippen LogP contribution in [-0.4, -0.2) is 28.5 Å². The van der Waals surface area contributed by atoms with Crippen LogP contribution in [0.15, 0.2) is 104 Å². The van der Waals surface area contributed by atoms with E-state index in [1.54, 1.807) is 0 Å². The smallest absolute Gasteiger partial charge is 0.170 e. The normalized spacial score (nSPS) is 12.8. The highest BCUT2D eigenvalue weighted by Gasteiger charge is 2.38. The van der Waals surface area contributed by atoms with Crippen molar-refractivity contribution in [3.63, 3.8) is 0 Å². The second-order valence-electron chi connectivity index (χ2n) is 7.40. The Hall–Kier alpha value is -2.64. The Balaban J connectivity index is 2.04. The van der Waals surface area contributed by atoms with Crippen LogP contribution in [0.5, 0.6) is 0 Å². The Morgan fingerprint density at radius 2 is 1.23 bits per heavy atom. The number of benzene rings is 3. The summed E-state index contributed by atoms with van der Waals surface area (Å²) in [5.41, 5.74) is 3.67. The standard InChI is InChI=1S/C25H24IN3O/c1-28(2)24(26-30)23-18-29(19-27-23)25(20-12-6-3-7-13-20,21-14-8-4-9-15-21)22-16-10-5-11-17-22/h3-19,24H,1-2H3. The molecule has 0 aliphatic rings. The van der Waals surface area contributed by atoms with Crippen molar-refractivity contribution in [3.05, 3.63) is 126 Å². The predicted molar refractivity (Wildman–Crippen MR) is 128 cm³/mol. The van der Waals surface area contributed by atoms with Gasteiger partial charge in [-0.2, -0.15) is 0 Å². The third kappa shape index (κ3) is 3.63. The minimum atomic E-state index is -1.27. The predicted octanol–water partition coefficient (Wildman–Crippen LogP) is 5.60. The molecule has 1 atom stereocenters. The molecule has 4 aromatic rings. The van der Waals surface area contributed by atoms with Gasteiger partial charge in [0.25, 0.3) is 0 Å². The van der Waals surface area contributed by atoms with Gasteiger partial charge in [0.1, 0.15) is 9.59 Å². The number of hydrogen-bond donors (Lipinski definition) is 0. The summed E-state index contributed by atoms with van der Waals surface area (Å²) in [6.07, 6.45) is 3.92. The number of alkyl halides is 1. The van der Waals surface area contributed by atoms with Crippen LogP contribution in [0.1, 0.15) is 26.4 Å². The number of aromatic nitrogens is 2. The van der Waals surface area contributed by atoms with Crippen molar-refractivity contribution in [1.29, 1.82) is 0 Å². The Kier molecular flexibility index (Phi) is 6.20. The molecule has 3 aromatic carbocycles. The highest BCUT2D eigenvalue weighted by molar-refractivity contribution is 14.1. The van der Waals surface area contributed by atoms with E-state index >= 15 is 0 Å². The van der Waals surface area contributed by atoms with Crippen LogP contribution in [0.4, 0.5) is 0 Å². The van der Waals surface area contributed by atoms with Crippen LogP contribution >= 0.6 is 21.2 Å². The topological polar surface area (TPSA) is 38.1 Å². The molecule has 1 aromatic heterocycles. The Morgan fingerprint density at radius 1 is 0.800 bits per heavy atom. The van der Waals surface area contributed by atoms with Gasteiger partial charge >= 0.3 is 0 Å².